The maximum absolute atomic E-state index is 11.1. The van der Waals surface area contributed by atoms with E-state index in [1.807, 2.05) is 17.7 Å². The van der Waals surface area contributed by atoms with Gasteiger partial charge in [-0.2, -0.15) is 11.3 Å². The Morgan fingerprint density at radius 3 is 2.68 bits per heavy atom. The fraction of sp³-hybridized carbons (Fsp3) is 0.273. The second-order valence-electron chi connectivity index (χ2n) is 3.86. The van der Waals surface area contributed by atoms with Gasteiger partial charge in [0.2, 0.25) is 11.6 Å². The summed E-state index contributed by atoms with van der Waals surface area (Å²) < 4.78 is 0. The van der Waals surface area contributed by atoms with Crippen LogP contribution in [-0.2, 0) is 6.54 Å². The zero-order chi connectivity index (χ0) is 13.8. The van der Waals surface area contributed by atoms with Crippen molar-refractivity contribution in [2.45, 2.75) is 13.5 Å². The molecule has 0 aromatic carbocycles. The molecule has 0 atom stereocenters. The number of nitrogens with one attached hydrogen (secondary N) is 2. The summed E-state index contributed by atoms with van der Waals surface area (Å²) in [6, 6.07) is 0. The lowest BCUT2D eigenvalue weighted by Gasteiger charge is -2.08. The molecule has 0 aliphatic heterocycles. The van der Waals surface area contributed by atoms with Gasteiger partial charge < -0.3 is 10.6 Å². The fourth-order valence-corrected chi connectivity index (χ4v) is 2.47. The molecule has 0 radical (unpaired) electrons. The molecule has 0 amide bonds. The molecule has 2 aromatic heterocycles. The quantitative estimate of drug-likeness (QED) is 0.645. The van der Waals surface area contributed by atoms with Gasteiger partial charge in [-0.05, 0) is 28.8 Å². The fourth-order valence-electron chi connectivity index (χ4n) is 1.61. The van der Waals surface area contributed by atoms with Crippen LogP contribution >= 0.6 is 11.3 Å². The van der Waals surface area contributed by atoms with E-state index >= 15 is 0 Å². The number of thiophene rings is 1. The Balaban J connectivity index is 2.25. The molecule has 0 spiro atoms. The third-order valence-corrected chi connectivity index (χ3v) is 3.56. The average molecular weight is 279 g/mol. The second kappa shape index (κ2) is 5.61. The van der Waals surface area contributed by atoms with Crippen LogP contribution in [0.5, 0.6) is 0 Å². The number of anilines is 2. The molecule has 2 rings (SSSR count). The van der Waals surface area contributed by atoms with E-state index in [0.717, 1.165) is 11.1 Å². The first-order valence-corrected chi connectivity index (χ1v) is 6.50. The highest BCUT2D eigenvalue weighted by Crippen LogP contribution is 2.29. The van der Waals surface area contributed by atoms with Crippen LogP contribution in [0.2, 0.25) is 0 Å². The first kappa shape index (κ1) is 13.2. The molecule has 0 bridgehead atoms. The average Bonchev–Trinajstić information content (AvgIpc) is 2.81. The molecular weight excluding hydrogens is 266 g/mol. The molecule has 0 saturated heterocycles. The second-order valence-corrected chi connectivity index (χ2v) is 4.60. The summed E-state index contributed by atoms with van der Waals surface area (Å²) in [4.78, 5) is 18.4. The summed E-state index contributed by atoms with van der Waals surface area (Å²) in [7, 11) is 1.59. The highest BCUT2D eigenvalue weighted by Gasteiger charge is 2.21. The van der Waals surface area contributed by atoms with Gasteiger partial charge in [-0.1, -0.05) is 0 Å². The zero-order valence-corrected chi connectivity index (χ0v) is 11.3. The maximum Gasteiger partial charge on any atom is 0.353 e. The first-order chi connectivity index (χ1) is 9.13. The number of hydrogen-bond donors (Lipinski definition) is 2. The zero-order valence-electron chi connectivity index (χ0n) is 10.5. The molecule has 0 fully saturated rings. The molecule has 0 aliphatic carbocycles. The van der Waals surface area contributed by atoms with Gasteiger partial charge in [0.15, 0.2) is 0 Å². The summed E-state index contributed by atoms with van der Waals surface area (Å²) in [6.45, 7) is 2.50. The van der Waals surface area contributed by atoms with E-state index < -0.39 is 4.92 Å². The standard InChI is InChI=1S/C11H13N5O2S/c1-7-4-19-5-8(7)3-13-11-9(16(17)18)10(12-2)14-6-15-11/h4-6H,3H2,1-2H3,(H2,12,13,14,15). The highest BCUT2D eigenvalue weighted by molar-refractivity contribution is 7.08. The van der Waals surface area contributed by atoms with Gasteiger partial charge in [0.25, 0.3) is 0 Å². The van der Waals surface area contributed by atoms with E-state index in [1.54, 1.807) is 18.4 Å². The molecule has 0 unspecified atom stereocenters. The Kier molecular flexibility index (Phi) is 3.91. The smallest absolute Gasteiger partial charge is 0.353 e. The van der Waals surface area contributed by atoms with E-state index in [-0.39, 0.29) is 17.3 Å². The number of aryl methyl sites for hydroxylation is 1. The topological polar surface area (TPSA) is 93.0 Å². The predicted molar refractivity (Wildman–Crippen MR) is 74.6 cm³/mol. The molecule has 2 heterocycles. The lowest BCUT2D eigenvalue weighted by Crippen LogP contribution is -2.08. The minimum Gasteiger partial charge on any atom is -0.367 e. The van der Waals surface area contributed by atoms with Crippen molar-refractivity contribution in [3.05, 3.63) is 38.3 Å². The molecule has 8 heteroatoms. The molecule has 2 N–H and O–H groups in total. The third-order valence-electron chi connectivity index (χ3n) is 2.65. The summed E-state index contributed by atoms with van der Waals surface area (Å²) in [5, 5.41) is 20.8. The van der Waals surface area contributed by atoms with Crippen LogP contribution in [0.3, 0.4) is 0 Å². The summed E-state index contributed by atoms with van der Waals surface area (Å²) >= 11 is 1.60. The molecule has 0 saturated carbocycles. The molecule has 2 aromatic rings. The SMILES string of the molecule is CNc1ncnc(NCc2cscc2C)c1[N+](=O)[O-]. The van der Waals surface area contributed by atoms with Crippen LogP contribution in [0, 0.1) is 17.0 Å². The molecular formula is C11H13N5O2S. The van der Waals surface area contributed by atoms with E-state index in [2.05, 4.69) is 20.6 Å². The molecule has 100 valence electrons. The molecule has 19 heavy (non-hydrogen) atoms. The lowest BCUT2D eigenvalue weighted by atomic mass is 10.2. The van der Waals surface area contributed by atoms with Crippen molar-refractivity contribution in [2.75, 3.05) is 17.7 Å². The van der Waals surface area contributed by atoms with Crippen LogP contribution < -0.4 is 10.6 Å². The van der Waals surface area contributed by atoms with Crippen molar-refractivity contribution in [2.24, 2.45) is 0 Å². The number of nitro groups is 1. The number of nitrogens with zero attached hydrogens (tertiary/aromatic N) is 3. The van der Waals surface area contributed by atoms with Crippen LogP contribution in [0.1, 0.15) is 11.1 Å². The largest absolute Gasteiger partial charge is 0.367 e. The number of aromatic nitrogens is 2. The highest BCUT2D eigenvalue weighted by atomic mass is 32.1. The monoisotopic (exact) mass is 279 g/mol. The van der Waals surface area contributed by atoms with Crippen molar-refractivity contribution < 1.29 is 4.92 Å². The van der Waals surface area contributed by atoms with Gasteiger partial charge in [0, 0.05) is 13.6 Å². The summed E-state index contributed by atoms with van der Waals surface area (Å²) in [5.74, 6) is 0.416. The van der Waals surface area contributed by atoms with E-state index in [9.17, 15) is 10.1 Å². The van der Waals surface area contributed by atoms with E-state index in [0.29, 0.717) is 6.54 Å². The van der Waals surface area contributed by atoms with Gasteiger partial charge >= 0.3 is 5.69 Å². The maximum atomic E-state index is 11.1. The predicted octanol–water partition coefficient (Wildman–Crippen LogP) is 2.41. The van der Waals surface area contributed by atoms with Gasteiger partial charge in [0.1, 0.15) is 6.33 Å². The summed E-state index contributed by atoms with van der Waals surface area (Å²) in [6.07, 6.45) is 1.29. The Labute approximate surface area is 113 Å². The van der Waals surface area contributed by atoms with E-state index in [4.69, 9.17) is 0 Å². The van der Waals surface area contributed by atoms with Gasteiger partial charge in [-0.3, -0.25) is 10.1 Å². The first-order valence-electron chi connectivity index (χ1n) is 5.56. The Morgan fingerprint density at radius 1 is 1.37 bits per heavy atom. The Hall–Kier alpha value is -2.22. The van der Waals surface area contributed by atoms with Crippen molar-refractivity contribution in [1.29, 1.82) is 0 Å². The minimum atomic E-state index is -0.491. The van der Waals surface area contributed by atoms with Gasteiger partial charge in [-0.25, -0.2) is 9.97 Å². The number of hydrogen-bond acceptors (Lipinski definition) is 7. The van der Waals surface area contributed by atoms with Crippen molar-refractivity contribution in [3.8, 4) is 0 Å². The summed E-state index contributed by atoms with van der Waals surface area (Å²) in [5.41, 5.74) is 2.12. The molecule has 0 aliphatic rings. The third kappa shape index (κ3) is 2.79. The van der Waals surface area contributed by atoms with Crippen LogP contribution in [0.15, 0.2) is 17.1 Å². The van der Waals surface area contributed by atoms with Gasteiger partial charge in [-0.15, -0.1) is 0 Å². The van der Waals surface area contributed by atoms with Crippen molar-refractivity contribution >= 4 is 28.7 Å². The Bertz CT molecular complexity index is 599. The van der Waals surface area contributed by atoms with Crippen LogP contribution in [0.25, 0.3) is 0 Å². The normalized spacial score (nSPS) is 10.2. The van der Waals surface area contributed by atoms with Crippen LogP contribution in [0.4, 0.5) is 17.3 Å². The Morgan fingerprint density at radius 2 is 2.11 bits per heavy atom. The lowest BCUT2D eigenvalue weighted by molar-refractivity contribution is -0.383. The van der Waals surface area contributed by atoms with Crippen molar-refractivity contribution in [3.63, 3.8) is 0 Å². The molecule has 7 nitrogen and oxygen atoms in total. The number of rotatable bonds is 5. The van der Waals surface area contributed by atoms with Crippen LogP contribution in [-0.4, -0.2) is 21.9 Å². The van der Waals surface area contributed by atoms with Gasteiger partial charge in [0.05, 0.1) is 4.92 Å². The minimum absolute atomic E-state index is 0.141. The van der Waals surface area contributed by atoms with Crippen molar-refractivity contribution in [1.82, 2.24) is 9.97 Å². The van der Waals surface area contributed by atoms with E-state index in [1.165, 1.54) is 6.33 Å².